The SMILES string of the molecule is COc1ccc(N=Cc2c(F)c(F)c(F)c(F)c2S(C)(=O)=O)cc1F. The molecule has 0 amide bonds. The van der Waals surface area contributed by atoms with Gasteiger partial charge < -0.3 is 4.74 Å². The van der Waals surface area contributed by atoms with Crippen LogP contribution >= 0.6 is 0 Å². The molecule has 0 unspecified atom stereocenters. The number of ether oxygens (including phenoxy) is 1. The van der Waals surface area contributed by atoms with Crippen LogP contribution in [0.4, 0.5) is 27.6 Å². The lowest BCUT2D eigenvalue weighted by molar-refractivity contribution is 0.386. The Morgan fingerprint density at radius 1 is 1.00 bits per heavy atom. The van der Waals surface area contributed by atoms with Crippen molar-refractivity contribution in [2.24, 2.45) is 4.99 Å². The van der Waals surface area contributed by atoms with Crippen LogP contribution in [-0.2, 0) is 9.84 Å². The molecule has 0 saturated heterocycles. The fraction of sp³-hybridized carbons (Fsp3) is 0.133. The molecule has 0 aliphatic heterocycles. The van der Waals surface area contributed by atoms with Gasteiger partial charge in [-0.2, -0.15) is 0 Å². The molecule has 0 aliphatic carbocycles. The highest BCUT2D eigenvalue weighted by molar-refractivity contribution is 7.90. The molecule has 0 radical (unpaired) electrons. The Kier molecular flexibility index (Phi) is 5.12. The van der Waals surface area contributed by atoms with Gasteiger partial charge in [0.15, 0.2) is 44.7 Å². The molecular formula is C15H10F5NO3S. The van der Waals surface area contributed by atoms with Crippen molar-refractivity contribution < 1.29 is 35.1 Å². The van der Waals surface area contributed by atoms with E-state index in [2.05, 4.69) is 9.73 Å². The van der Waals surface area contributed by atoms with Crippen molar-refractivity contribution in [2.45, 2.75) is 4.90 Å². The third-order valence-electron chi connectivity index (χ3n) is 3.11. The molecule has 2 aromatic carbocycles. The molecule has 0 N–H and O–H groups in total. The first-order valence-electron chi connectivity index (χ1n) is 6.51. The van der Waals surface area contributed by atoms with Crippen LogP contribution < -0.4 is 4.74 Å². The Morgan fingerprint density at radius 2 is 1.60 bits per heavy atom. The summed E-state index contributed by atoms with van der Waals surface area (Å²) in [6, 6.07) is 3.28. The predicted octanol–water partition coefficient (Wildman–Crippen LogP) is 3.54. The monoisotopic (exact) mass is 379 g/mol. The Labute approximate surface area is 139 Å². The zero-order chi connectivity index (χ0) is 18.9. The number of aliphatic imine (C=N–C) groups is 1. The minimum Gasteiger partial charge on any atom is -0.494 e. The molecule has 25 heavy (non-hydrogen) atoms. The smallest absolute Gasteiger partial charge is 0.198 e. The van der Waals surface area contributed by atoms with Crippen LogP contribution in [0.15, 0.2) is 28.1 Å². The molecule has 4 nitrogen and oxygen atoms in total. The quantitative estimate of drug-likeness (QED) is 0.268. The highest BCUT2D eigenvalue weighted by Crippen LogP contribution is 2.28. The first kappa shape index (κ1) is 18.8. The topological polar surface area (TPSA) is 55.7 Å². The van der Waals surface area contributed by atoms with E-state index in [1.807, 2.05) is 0 Å². The molecule has 0 aromatic heterocycles. The fourth-order valence-electron chi connectivity index (χ4n) is 1.98. The van der Waals surface area contributed by atoms with Crippen LogP contribution in [0.1, 0.15) is 5.56 Å². The van der Waals surface area contributed by atoms with E-state index in [0.29, 0.717) is 12.5 Å². The van der Waals surface area contributed by atoms with Gasteiger partial charge in [-0.3, -0.25) is 4.99 Å². The molecule has 0 aliphatic rings. The molecule has 0 bridgehead atoms. The minimum atomic E-state index is -4.46. The lowest BCUT2D eigenvalue weighted by Crippen LogP contribution is -2.12. The molecule has 0 saturated carbocycles. The molecule has 10 heteroatoms. The maximum Gasteiger partial charge on any atom is 0.198 e. The number of hydrogen-bond acceptors (Lipinski definition) is 4. The van der Waals surface area contributed by atoms with Gasteiger partial charge in [0.1, 0.15) is 4.90 Å². The summed E-state index contributed by atoms with van der Waals surface area (Å²) in [6.07, 6.45) is 0.963. The molecule has 0 heterocycles. The third kappa shape index (κ3) is 3.63. The largest absolute Gasteiger partial charge is 0.494 e. The second-order valence-electron chi connectivity index (χ2n) is 4.85. The predicted molar refractivity (Wildman–Crippen MR) is 79.6 cm³/mol. The van der Waals surface area contributed by atoms with Gasteiger partial charge in [0.2, 0.25) is 0 Å². The van der Waals surface area contributed by atoms with Crippen molar-refractivity contribution in [1.29, 1.82) is 0 Å². The van der Waals surface area contributed by atoms with Crippen LogP contribution in [0, 0.1) is 29.1 Å². The standard InChI is InChI=1S/C15H10F5NO3S/c1-24-10-4-3-7(5-9(10)16)21-6-8-11(17)12(18)13(19)14(20)15(8)25(2,22)23/h3-6H,1-2H3. The average molecular weight is 379 g/mol. The Balaban J connectivity index is 2.65. The van der Waals surface area contributed by atoms with E-state index in [4.69, 9.17) is 0 Å². The van der Waals surface area contributed by atoms with Gasteiger partial charge in [-0.25, -0.2) is 30.4 Å². The summed E-state index contributed by atoms with van der Waals surface area (Å²) in [4.78, 5) is 2.19. The molecule has 0 spiro atoms. The highest BCUT2D eigenvalue weighted by Gasteiger charge is 2.29. The van der Waals surface area contributed by atoms with Crippen LogP contribution in [0.25, 0.3) is 0 Å². The van der Waals surface area contributed by atoms with Gasteiger partial charge >= 0.3 is 0 Å². The summed E-state index contributed by atoms with van der Waals surface area (Å²) in [7, 11) is -3.23. The van der Waals surface area contributed by atoms with E-state index in [-0.39, 0.29) is 11.4 Å². The number of hydrogen-bond donors (Lipinski definition) is 0. The number of methoxy groups -OCH3 is 1. The zero-order valence-corrected chi connectivity index (χ0v) is 13.6. The summed E-state index contributed by atoms with van der Waals surface area (Å²) in [5, 5.41) is 0. The molecule has 0 fully saturated rings. The van der Waals surface area contributed by atoms with Crippen LogP contribution in [-0.4, -0.2) is 28.0 Å². The maximum atomic E-state index is 13.9. The average Bonchev–Trinajstić information content (AvgIpc) is 2.53. The second kappa shape index (κ2) is 6.79. The first-order chi connectivity index (χ1) is 11.6. The Bertz CT molecular complexity index is 974. The van der Waals surface area contributed by atoms with Gasteiger partial charge in [0, 0.05) is 18.5 Å². The molecule has 2 aromatic rings. The molecule has 2 rings (SSSR count). The van der Waals surface area contributed by atoms with Crippen LogP contribution in [0.3, 0.4) is 0 Å². The van der Waals surface area contributed by atoms with E-state index in [0.717, 1.165) is 6.07 Å². The molecule has 134 valence electrons. The van der Waals surface area contributed by atoms with E-state index < -0.39 is 49.4 Å². The van der Waals surface area contributed by atoms with Crippen molar-refractivity contribution >= 4 is 21.7 Å². The van der Waals surface area contributed by atoms with Crippen molar-refractivity contribution in [3.8, 4) is 5.75 Å². The van der Waals surface area contributed by atoms with E-state index in [9.17, 15) is 30.4 Å². The van der Waals surface area contributed by atoms with Gasteiger partial charge in [-0.15, -0.1) is 0 Å². The number of sulfone groups is 1. The normalized spacial score (nSPS) is 12.0. The zero-order valence-electron chi connectivity index (χ0n) is 12.8. The number of rotatable bonds is 4. The van der Waals surface area contributed by atoms with E-state index in [1.165, 1.54) is 19.2 Å². The van der Waals surface area contributed by atoms with Crippen molar-refractivity contribution in [1.82, 2.24) is 0 Å². The van der Waals surface area contributed by atoms with Gasteiger partial charge in [-0.05, 0) is 12.1 Å². The number of halogens is 5. The summed E-state index contributed by atoms with van der Waals surface area (Å²) in [5.41, 5.74) is -1.24. The summed E-state index contributed by atoms with van der Waals surface area (Å²) < 4.78 is 95.8. The van der Waals surface area contributed by atoms with Crippen molar-refractivity contribution in [2.75, 3.05) is 13.4 Å². The highest BCUT2D eigenvalue weighted by atomic mass is 32.2. The molecule has 0 atom stereocenters. The summed E-state index contributed by atoms with van der Waals surface area (Å²) in [5.74, 6) is -9.38. The fourth-order valence-corrected chi connectivity index (χ4v) is 2.94. The Hall–Kier alpha value is -2.49. The molecular weight excluding hydrogens is 369 g/mol. The van der Waals surface area contributed by atoms with Gasteiger partial charge in [0.25, 0.3) is 0 Å². The van der Waals surface area contributed by atoms with Gasteiger partial charge in [0.05, 0.1) is 18.4 Å². The van der Waals surface area contributed by atoms with E-state index in [1.54, 1.807) is 0 Å². The van der Waals surface area contributed by atoms with Crippen molar-refractivity contribution in [3.05, 3.63) is 52.8 Å². The van der Waals surface area contributed by atoms with Crippen LogP contribution in [0.2, 0.25) is 0 Å². The summed E-state index contributed by atoms with van der Waals surface area (Å²) >= 11 is 0. The third-order valence-corrected chi connectivity index (χ3v) is 4.25. The lowest BCUT2D eigenvalue weighted by atomic mass is 10.2. The first-order valence-corrected chi connectivity index (χ1v) is 8.40. The van der Waals surface area contributed by atoms with Gasteiger partial charge in [-0.1, -0.05) is 0 Å². The Morgan fingerprint density at radius 3 is 2.12 bits per heavy atom. The second-order valence-corrected chi connectivity index (χ2v) is 6.80. The summed E-state index contributed by atoms with van der Waals surface area (Å²) in [6.45, 7) is 0. The van der Waals surface area contributed by atoms with E-state index >= 15 is 0 Å². The minimum absolute atomic E-state index is 0.110. The maximum absolute atomic E-state index is 13.9. The number of nitrogens with zero attached hydrogens (tertiary/aromatic N) is 1. The number of benzene rings is 2. The lowest BCUT2D eigenvalue weighted by Gasteiger charge is -2.09. The van der Waals surface area contributed by atoms with Crippen LogP contribution in [0.5, 0.6) is 5.75 Å². The van der Waals surface area contributed by atoms with Crippen molar-refractivity contribution in [3.63, 3.8) is 0 Å².